The molecule has 0 radical (unpaired) electrons. The first-order valence-electron chi connectivity index (χ1n) is 9.70. The number of amides is 1. The van der Waals surface area contributed by atoms with Crippen molar-refractivity contribution in [1.29, 1.82) is 0 Å². The zero-order valence-electron chi connectivity index (χ0n) is 15.7. The second-order valence-corrected chi connectivity index (χ2v) is 8.00. The van der Waals surface area contributed by atoms with Gasteiger partial charge in [0, 0.05) is 25.6 Å². The highest BCUT2D eigenvalue weighted by atomic mass is 16.3. The number of rotatable bonds is 8. The van der Waals surface area contributed by atoms with Crippen LogP contribution in [-0.4, -0.2) is 35.3 Å². The SMILES string of the molecule is CC1CC1c1ccc(CN(CC(=O)N(C)Cc2ccccc2)C2CC2)o1. The van der Waals surface area contributed by atoms with Gasteiger partial charge >= 0.3 is 0 Å². The van der Waals surface area contributed by atoms with Crippen molar-refractivity contribution in [1.82, 2.24) is 9.80 Å². The molecule has 2 fully saturated rings. The minimum Gasteiger partial charge on any atom is -0.464 e. The molecule has 2 aromatic rings. The Bertz CT molecular complexity index is 751. The van der Waals surface area contributed by atoms with Crippen LogP contribution >= 0.6 is 0 Å². The Hall–Kier alpha value is -2.07. The van der Waals surface area contributed by atoms with Gasteiger partial charge in [-0.05, 0) is 42.9 Å². The predicted molar refractivity (Wildman–Crippen MR) is 102 cm³/mol. The molecule has 2 saturated carbocycles. The summed E-state index contributed by atoms with van der Waals surface area (Å²) in [5.41, 5.74) is 1.16. The van der Waals surface area contributed by atoms with Crippen molar-refractivity contribution in [2.45, 2.75) is 51.2 Å². The maximum atomic E-state index is 12.7. The lowest BCUT2D eigenvalue weighted by Gasteiger charge is -2.24. The van der Waals surface area contributed by atoms with Crippen molar-refractivity contribution in [3.8, 4) is 0 Å². The second-order valence-electron chi connectivity index (χ2n) is 8.00. The summed E-state index contributed by atoms with van der Waals surface area (Å²) in [7, 11) is 1.89. The Morgan fingerprint density at radius 1 is 1.12 bits per heavy atom. The van der Waals surface area contributed by atoms with Gasteiger partial charge in [-0.15, -0.1) is 0 Å². The number of hydrogen-bond acceptors (Lipinski definition) is 3. The number of furan rings is 1. The molecule has 2 aliphatic carbocycles. The first-order valence-corrected chi connectivity index (χ1v) is 9.70. The number of hydrogen-bond donors (Lipinski definition) is 0. The molecule has 4 nitrogen and oxygen atoms in total. The number of likely N-dealkylation sites (N-methyl/N-ethyl adjacent to an activating group) is 1. The Balaban J connectivity index is 1.34. The topological polar surface area (TPSA) is 36.7 Å². The standard InChI is InChI=1S/C22H28N2O2/c1-16-12-20(16)21-11-10-19(26-21)14-24(18-8-9-18)15-22(25)23(2)13-17-6-4-3-5-7-17/h3-7,10-11,16,18,20H,8-9,12-15H2,1-2H3. The summed E-state index contributed by atoms with van der Waals surface area (Å²) < 4.78 is 6.06. The molecular weight excluding hydrogens is 324 g/mol. The fourth-order valence-corrected chi connectivity index (χ4v) is 3.59. The molecule has 1 amide bonds. The maximum absolute atomic E-state index is 12.7. The van der Waals surface area contributed by atoms with E-state index in [0.717, 1.165) is 29.5 Å². The lowest BCUT2D eigenvalue weighted by molar-refractivity contribution is -0.132. The summed E-state index contributed by atoms with van der Waals surface area (Å²) in [6, 6.07) is 14.9. The molecule has 0 bridgehead atoms. The molecule has 0 spiro atoms. The van der Waals surface area contributed by atoms with Crippen LogP contribution in [0.15, 0.2) is 46.9 Å². The van der Waals surface area contributed by atoms with E-state index in [1.165, 1.54) is 19.3 Å². The molecule has 2 atom stereocenters. The van der Waals surface area contributed by atoms with E-state index < -0.39 is 0 Å². The van der Waals surface area contributed by atoms with Gasteiger partial charge in [0.05, 0.1) is 13.1 Å². The normalized spacial score (nSPS) is 21.8. The highest BCUT2D eigenvalue weighted by Gasteiger charge is 2.37. The van der Waals surface area contributed by atoms with Crippen LogP contribution in [0, 0.1) is 5.92 Å². The fourth-order valence-electron chi connectivity index (χ4n) is 3.59. The highest BCUT2D eigenvalue weighted by molar-refractivity contribution is 5.78. The van der Waals surface area contributed by atoms with Gasteiger partial charge in [0.15, 0.2) is 0 Å². The molecule has 1 heterocycles. The van der Waals surface area contributed by atoms with Crippen LogP contribution in [0.2, 0.25) is 0 Å². The first kappa shape index (κ1) is 17.3. The van der Waals surface area contributed by atoms with Crippen molar-refractivity contribution in [2.24, 2.45) is 5.92 Å². The number of nitrogens with zero attached hydrogens (tertiary/aromatic N) is 2. The predicted octanol–water partition coefficient (Wildman–Crippen LogP) is 4.03. The van der Waals surface area contributed by atoms with E-state index in [4.69, 9.17) is 4.42 Å². The molecule has 1 aromatic heterocycles. The molecule has 0 N–H and O–H groups in total. The smallest absolute Gasteiger partial charge is 0.236 e. The van der Waals surface area contributed by atoms with Crippen LogP contribution in [-0.2, 0) is 17.9 Å². The summed E-state index contributed by atoms with van der Waals surface area (Å²) in [5.74, 6) is 3.64. The van der Waals surface area contributed by atoms with Crippen LogP contribution in [0.4, 0.5) is 0 Å². The van der Waals surface area contributed by atoms with Crippen molar-refractivity contribution in [3.05, 3.63) is 59.5 Å². The average molecular weight is 352 g/mol. The number of carbonyl (C=O) groups is 1. The molecule has 138 valence electrons. The van der Waals surface area contributed by atoms with E-state index in [1.54, 1.807) is 0 Å². The van der Waals surface area contributed by atoms with Crippen LogP contribution in [0.25, 0.3) is 0 Å². The summed E-state index contributed by atoms with van der Waals surface area (Å²) in [6.45, 7) is 4.12. The largest absolute Gasteiger partial charge is 0.464 e. The van der Waals surface area contributed by atoms with Crippen LogP contribution in [0.5, 0.6) is 0 Å². The highest BCUT2D eigenvalue weighted by Crippen LogP contribution is 2.47. The lowest BCUT2D eigenvalue weighted by atomic mass is 10.2. The lowest BCUT2D eigenvalue weighted by Crippen LogP contribution is -2.38. The summed E-state index contributed by atoms with van der Waals surface area (Å²) in [6.07, 6.45) is 3.61. The summed E-state index contributed by atoms with van der Waals surface area (Å²) in [4.78, 5) is 16.8. The zero-order chi connectivity index (χ0) is 18.1. The van der Waals surface area contributed by atoms with Crippen molar-refractivity contribution >= 4 is 5.91 Å². The van der Waals surface area contributed by atoms with Gasteiger partial charge in [0.25, 0.3) is 0 Å². The van der Waals surface area contributed by atoms with E-state index in [-0.39, 0.29) is 5.91 Å². The van der Waals surface area contributed by atoms with Crippen molar-refractivity contribution in [2.75, 3.05) is 13.6 Å². The monoisotopic (exact) mass is 352 g/mol. The third kappa shape index (κ3) is 4.18. The van der Waals surface area contributed by atoms with Gasteiger partial charge in [-0.2, -0.15) is 0 Å². The Kier molecular flexibility index (Phi) is 4.86. The van der Waals surface area contributed by atoms with E-state index in [9.17, 15) is 4.79 Å². The number of carbonyl (C=O) groups excluding carboxylic acids is 1. The van der Waals surface area contributed by atoms with E-state index in [2.05, 4.69) is 36.1 Å². The quantitative estimate of drug-likeness (QED) is 0.720. The molecule has 2 unspecified atom stereocenters. The number of benzene rings is 1. The Morgan fingerprint density at radius 2 is 1.85 bits per heavy atom. The summed E-state index contributed by atoms with van der Waals surface area (Å²) in [5, 5.41) is 0. The molecule has 2 aliphatic rings. The van der Waals surface area contributed by atoms with Crippen molar-refractivity contribution < 1.29 is 9.21 Å². The maximum Gasteiger partial charge on any atom is 0.236 e. The molecule has 4 rings (SSSR count). The third-order valence-electron chi connectivity index (χ3n) is 5.61. The molecule has 4 heteroatoms. The molecule has 26 heavy (non-hydrogen) atoms. The van der Waals surface area contributed by atoms with E-state index in [0.29, 0.717) is 25.0 Å². The molecular formula is C22H28N2O2. The van der Waals surface area contributed by atoms with E-state index in [1.807, 2.05) is 30.1 Å². The van der Waals surface area contributed by atoms with Crippen LogP contribution < -0.4 is 0 Å². The Labute approximate surface area is 155 Å². The van der Waals surface area contributed by atoms with Gasteiger partial charge in [0.2, 0.25) is 5.91 Å². The molecule has 0 saturated heterocycles. The molecule has 1 aromatic carbocycles. The Morgan fingerprint density at radius 3 is 2.50 bits per heavy atom. The zero-order valence-corrected chi connectivity index (χ0v) is 15.7. The van der Waals surface area contributed by atoms with Gasteiger partial charge < -0.3 is 9.32 Å². The molecule has 0 aliphatic heterocycles. The minimum absolute atomic E-state index is 0.170. The van der Waals surface area contributed by atoms with Gasteiger partial charge in [0.1, 0.15) is 11.5 Å². The average Bonchev–Trinajstić information content (AvgIpc) is 3.55. The second kappa shape index (κ2) is 7.28. The van der Waals surface area contributed by atoms with Gasteiger partial charge in [-0.25, -0.2) is 0 Å². The van der Waals surface area contributed by atoms with Gasteiger partial charge in [-0.3, -0.25) is 9.69 Å². The van der Waals surface area contributed by atoms with Gasteiger partial charge in [-0.1, -0.05) is 37.3 Å². The third-order valence-corrected chi connectivity index (χ3v) is 5.61. The van der Waals surface area contributed by atoms with Crippen LogP contribution in [0.1, 0.15) is 49.2 Å². The minimum atomic E-state index is 0.170. The fraction of sp³-hybridized carbons (Fsp3) is 0.500. The van der Waals surface area contributed by atoms with Crippen LogP contribution in [0.3, 0.4) is 0 Å². The first-order chi connectivity index (χ1) is 12.6. The van der Waals surface area contributed by atoms with E-state index >= 15 is 0 Å². The van der Waals surface area contributed by atoms with Crippen molar-refractivity contribution in [3.63, 3.8) is 0 Å². The summed E-state index contributed by atoms with van der Waals surface area (Å²) >= 11 is 0.